The topological polar surface area (TPSA) is 83.2 Å². The van der Waals surface area contributed by atoms with Gasteiger partial charge < -0.3 is 20.7 Å². The van der Waals surface area contributed by atoms with Crippen LogP contribution >= 0.6 is 0 Å². The van der Waals surface area contributed by atoms with E-state index in [1.807, 2.05) is 29.2 Å². The minimum absolute atomic E-state index is 0.210. The van der Waals surface area contributed by atoms with E-state index in [1.54, 1.807) is 0 Å². The van der Waals surface area contributed by atoms with Gasteiger partial charge in [-0.25, -0.2) is 4.99 Å². The highest BCUT2D eigenvalue weighted by atomic mass is 16.5. The molecule has 0 radical (unpaired) electrons. The van der Waals surface area contributed by atoms with E-state index in [2.05, 4.69) is 15.2 Å². The molecule has 2 heterocycles. The molecule has 0 saturated carbocycles. The predicted octanol–water partition coefficient (Wildman–Crippen LogP) is 0.940. The van der Waals surface area contributed by atoms with E-state index in [-0.39, 0.29) is 5.91 Å². The lowest BCUT2D eigenvalue weighted by Gasteiger charge is -2.26. The fraction of sp³-hybridized carbons (Fsp3) is 0.579. The lowest BCUT2D eigenvalue weighted by atomic mass is 10.2. The van der Waals surface area contributed by atoms with Crippen LogP contribution in [0.2, 0.25) is 0 Å². The van der Waals surface area contributed by atoms with Crippen LogP contribution in [0.15, 0.2) is 29.3 Å². The van der Waals surface area contributed by atoms with Gasteiger partial charge in [0.25, 0.3) is 0 Å². The third kappa shape index (κ3) is 5.44. The molecule has 0 atom stereocenters. The number of rotatable bonds is 7. The van der Waals surface area contributed by atoms with Crippen LogP contribution in [0.1, 0.15) is 24.8 Å². The third-order valence-corrected chi connectivity index (χ3v) is 4.81. The van der Waals surface area contributed by atoms with Crippen molar-refractivity contribution >= 4 is 17.6 Å². The Morgan fingerprint density at radius 1 is 1.19 bits per heavy atom. The number of guanidine groups is 1. The summed E-state index contributed by atoms with van der Waals surface area (Å²) in [5.74, 6) is 0.687. The highest BCUT2D eigenvalue weighted by Gasteiger charge is 2.21. The first kappa shape index (κ1) is 18.7. The highest BCUT2D eigenvalue weighted by Crippen LogP contribution is 2.21. The third-order valence-electron chi connectivity index (χ3n) is 4.81. The number of morpholine rings is 1. The molecular weight excluding hydrogens is 330 g/mol. The Morgan fingerprint density at radius 2 is 1.96 bits per heavy atom. The zero-order valence-electron chi connectivity index (χ0n) is 15.3. The van der Waals surface area contributed by atoms with Crippen molar-refractivity contribution in [1.29, 1.82) is 0 Å². The molecule has 3 rings (SSSR count). The SMILES string of the molecule is NC(=NCc1ccc(N2CCCC2=O)cc1)NCCCN1CCOCC1. The van der Waals surface area contributed by atoms with E-state index in [9.17, 15) is 4.79 Å². The fourth-order valence-electron chi connectivity index (χ4n) is 3.28. The largest absolute Gasteiger partial charge is 0.379 e. The number of benzene rings is 1. The van der Waals surface area contributed by atoms with Gasteiger partial charge in [-0.3, -0.25) is 9.69 Å². The summed E-state index contributed by atoms with van der Waals surface area (Å²) in [4.78, 5) is 20.4. The molecule has 2 aliphatic heterocycles. The maximum absolute atomic E-state index is 11.8. The molecule has 0 bridgehead atoms. The first-order valence-electron chi connectivity index (χ1n) is 9.45. The fourth-order valence-corrected chi connectivity index (χ4v) is 3.28. The van der Waals surface area contributed by atoms with Crippen molar-refractivity contribution in [3.63, 3.8) is 0 Å². The molecule has 1 aromatic carbocycles. The molecule has 0 spiro atoms. The van der Waals surface area contributed by atoms with Gasteiger partial charge in [0, 0.05) is 38.3 Å². The molecule has 142 valence electrons. The first-order chi connectivity index (χ1) is 12.7. The molecule has 0 aliphatic carbocycles. The summed E-state index contributed by atoms with van der Waals surface area (Å²) in [5, 5.41) is 3.17. The van der Waals surface area contributed by atoms with Crippen molar-refractivity contribution < 1.29 is 9.53 Å². The van der Waals surface area contributed by atoms with Gasteiger partial charge in [0.2, 0.25) is 5.91 Å². The second-order valence-corrected chi connectivity index (χ2v) is 6.75. The van der Waals surface area contributed by atoms with Crippen LogP contribution in [-0.2, 0) is 16.1 Å². The van der Waals surface area contributed by atoms with Crippen molar-refractivity contribution in [2.24, 2.45) is 10.7 Å². The van der Waals surface area contributed by atoms with Crippen LogP contribution in [0.25, 0.3) is 0 Å². The quantitative estimate of drug-likeness (QED) is 0.430. The normalized spacial score (nSPS) is 19.2. The Morgan fingerprint density at radius 3 is 2.65 bits per heavy atom. The molecule has 26 heavy (non-hydrogen) atoms. The Labute approximate surface area is 155 Å². The van der Waals surface area contributed by atoms with Crippen LogP contribution in [0.4, 0.5) is 5.69 Å². The summed E-state index contributed by atoms with van der Waals surface area (Å²) in [6, 6.07) is 7.99. The van der Waals surface area contributed by atoms with E-state index < -0.39 is 0 Å². The average Bonchev–Trinajstić information content (AvgIpc) is 3.11. The van der Waals surface area contributed by atoms with E-state index in [4.69, 9.17) is 10.5 Å². The van der Waals surface area contributed by atoms with Gasteiger partial charge in [0.15, 0.2) is 5.96 Å². The smallest absolute Gasteiger partial charge is 0.227 e. The number of nitrogens with two attached hydrogens (primary N) is 1. The maximum atomic E-state index is 11.8. The van der Waals surface area contributed by atoms with E-state index in [1.165, 1.54) is 0 Å². The molecule has 2 saturated heterocycles. The van der Waals surface area contributed by atoms with Crippen LogP contribution in [0, 0.1) is 0 Å². The van der Waals surface area contributed by atoms with Gasteiger partial charge in [-0.2, -0.15) is 0 Å². The molecule has 2 fully saturated rings. The van der Waals surface area contributed by atoms with Crippen molar-refractivity contribution in [2.45, 2.75) is 25.8 Å². The molecule has 7 nitrogen and oxygen atoms in total. The Kier molecular flexibility index (Phi) is 6.85. The highest BCUT2D eigenvalue weighted by molar-refractivity contribution is 5.95. The standard InChI is InChI=1S/C19H29N5O2/c20-19(21-8-2-9-23-11-13-26-14-12-23)22-15-16-4-6-17(7-5-16)24-10-1-3-18(24)25/h4-7H,1-3,8-15H2,(H3,20,21,22). The van der Waals surface area contributed by atoms with Gasteiger partial charge in [-0.05, 0) is 37.1 Å². The van der Waals surface area contributed by atoms with Gasteiger partial charge in [-0.15, -0.1) is 0 Å². The number of amides is 1. The van der Waals surface area contributed by atoms with Gasteiger partial charge in [0.05, 0.1) is 19.8 Å². The zero-order chi connectivity index (χ0) is 18.2. The Balaban J connectivity index is 1.37. The number of carbonyl (C=O) groups is 1. The Hall–Kier alpha value is -2.12. The van der Waals surface area contributed by atoms with Crippen molar-refractivity contribution in [3.8, 4) is 0 Å². The average molecular weight is 359 g/mol. The molecule has 2 aliphatic rings. The summed E-state index contributed by atoms with van der Waals surface area (Å²) >= 11 is 0. The lowest BCUT2D eigenvalue weighted by Crippen LogP contribution is -2.39. The summed E-state index contributed by atoms with van der Waals surface area (Å²) in [6.45, 7) is 6.94. The van der Waals surface area contributed by atoms with Crippen molar-refractivity contribution in [3.05, 3.63) is 29.8 Å². The van der Waals surface area contributed by atoms with Crippen LogP contribution in [0.3, 0.4) is 0 Å². The number of nitrogens with zero attached hydrogens (tertiary/aromatic N) is 3. The van der Waals surface area contributed by atoms with Gasteiger partial charge >= 0.3 is 0 Å². The number of ether oxygens (including phenoxy) is 1. The first-order valence-corrected chi connectivity index (χ1v) is 9.45. The zero-order valence-corrected chi connectivity index (χ0v) is 15.3. The second-order valence-electron chi connectivity index (χ2n) is 6.75. The summed E-state index contributed by atoms with van der Waals surface area (Å²) in [5.41, 5.74) is 7.99. The lowest BCUT2D eigenvalue weighted by molar-refractivity contribution is -0.117. The number of aliphatic imine (C=N–C) groups is 1. The Bertz CT molecular complexity index is 611. The van der Waals surface area contributed by atoms with Gasteiger partial charge in [0.1, 0.15) is 0 Å². The van der Waals surface area contributed by atoms with Crippen LogP contribution < -0.4 is 16.0 Å². The molecular formula is C19H29N5O2. The minimum Gasteiger partial charge on any atom is -0.379 e. The van der Waals surface area contributed by atoms with E-state index in [0.717, 1.165) is 70.0 Å². The molecule has 0 aromatic heterocycles. The number of hydrogen-bond acceptors (Lipinski definition) is 4. The summed E-state index contributed by atoms with van der Waals surface area (Å²) in [7, 11) is 0. The number of hydrogen-bond donors (Lipinski definition) is 2. The summed E-state index contributed by atoms with van der Waals surface area (Å²) < 4.78 is 5.34. The van der Waals surface area contributed by atoms with E-state index in [0.29, 0.717) is 18.9 Å². The molecule has 0 unspecified atom stereocenters. The number of nitrogens with one attached hydrogen (secondary N) is 1. The minimum atomic E-state index is 0.210. The van der Waals surface area contributed by atoms with Crippen molar-refractivity contribution in [2.75, 3.05) is 50.8 Å². The number of carbonyl (C=O) groups excluding carboxylic acids is 1. The monoisotopic (exact) mass is 359 g/mol. The molecule has 3 N–H and O–H groups in total. The maximum Gasteiger partial charge on any atom is 0.227 e. The van der Waals surface area contributed by atoms with Crippen LogP contribution in [-0.4, -0.2) is 62.7 Å². The summed E-state index contributed by atoms with van der Waals surface area (Å²) in [6.07, 6.45) is 2.63. The molecule has 1 aromatic rings. The predicted molar refractivity (Wildman–Crippen MR) is 103 cm³/mol. The molecule has 7 heteroatoms. The van der Waals surface area contributed by atoms with Crippen LogP contribution in [0.5, 0.6) is 0 Å². The van der Waals surface area contributed by atoms with Crippen molar-refractivity contribution in [1.82, 2.24) is 10.2 Å². The molecule has 1 amide bonds. The van der Waals surface area contributed by atoms with Gasteiger partial charge in [-0.1, -0.05) is 12.1 Å². The van der Waals surface area contributed by atoms with E-state index >= 15 is 0 Å². The second kappa shape index (κ2) is 9.54. The number of anilines is 1.